The SMILES string of the molecule is CCC(Cl)(C(=O)c1ccc(F)cc1)S(=O)(=O)CC. The average Bonchev–Trinajstić information content (AvgIpc) is 2.37. The molecule has 0 radical (unpaired) electrons. The van der Waals surface area contributed by atoms with E-state index in [1.807, 2.05) is 0 Å². The van der Waals surface area contributed by atoms with E-state index in [-0.39, 0.29) is 17.7 Å². The van der Waals surface area contributed by atoms with Crippen LogP contribution in [-0.4, -0.2) is 24.2 Å². The van der Waals surface area contributed by atoms with Crippen molar-refractivity contribution in [3.8, 4) is 0 Å². The lowest BCUT2D eigenvalue weighted by atomic mass is 10.1. The highest BCUT2D eigenvalue weighted by atomic mass is 35.5. The van der Waals surface area contributed by atoms with Gasteiger partial charge >= 0.3 is 0 Å². The van der Waals surface area contributed by atoms with Crippen LogP contribution in [0.15, 0.2) is 24.3 Å². The van der Waals surface area contributed by atoms with Crippen LogP contribution in [0.1, 0.15) is 30.6 Å². The molecular formula is C12H14ClFO3S. The smallest absolute Gasteiger partial charge is 0.207 e. The summed E-state index contributed by atoms with van der Waals surface area (Å²) in [5.74, 6) is -1.44. The Bertz CT molecular complexity index is 539. The molecule has 18 heavy (non-hydrogen) atoms. The molecule has 0 aliphatic heterocycles. The number of hydrogen-bond acceptors (Lipinski definition) is 3. The average molecular weight is 293 g/mol. The van der Waals surface area contributed by atoms with Crippen molar-refractivity contribution >= 4 is 27.2 Å². The number of ketones is 1. The summed E-state index contributed by atoms with van der Waals surface area (Å²) in [5.41, 5.74) is 0.0882. The van der Waals surface area contributed by atoms with Crippen molar-refractivity contribution in [2.75, 3.05) is 5.75 Å². The van der Waals surface area contributed by atoms with Crippen molar-refractivity contribution in [3.05, 3.63) is 35.6 Å². The Morgan fingerprint density at radius 1 is 1.28 bits per heavy atom. The van der Waals surface area contributed by atoms with Gasteiger partial charge in [0.15, 0.2) is 15.6 Å². The number of rotatable bonds is 5. The fourth-order valence-corrected chi connectivity index (χ4v) is 3.30. The first-order chi connectivity index (χ1) is 8.28. The summed E-state index contributed by atoms with van der Waals surface area (Å²) >= 11 is 6.01. The van der Waals surface area contributed by atoms with E-state index in [1.165, 1.54) is 26.0 Å². The summed E-state index contributed by atoms with van der Waals surface area (Å²) in [6.45, 7) is 2.96. The fraction of sp³-hybridized carbons (Fsp3) is 0.417. The molecule has 1 unspecified atom stereocenters. The number of sulfone groups is 1. The van der Waals surface area contributed by atoms with Crippen molar-refractivity contribution in [1.82, 2.24) is 0 Å². The van der Waals surface area contributed by atoms with E-state index in [2.05, 4.69) is 0 Å². The molecule has 0 aliphatic carbocycles. The van der Waals surface area contributed by atoms with Gasteiger partial charge in [0.05, 0.1) is 0 Å². The Hall–Kier alpha value is -0.940. The topological polar surface area (TPSA) is 51.2 Å². The van der Waals surface area contributed by atoms with Crippen LogP contribution in [0.3, 0.4) is 0 Å². The van der Waals surface area contributed by atoms with Gasteiger partial charge < -0.3 is 0 Å². The summed E-state index contributed by atoms with van der Waals surface area (Å²) < 4.78 is 34.6. The maximum Gasteiger partial charge on any atom is 0.207 e. The Labute approximate surface area is 111 Å². The zero-order chi connectivity index (χ0) is 14.0. The minimum Gasteiger partial charge on any atom is -0.291 e. The molecule has 6 heteroatoms. The lowest BCUT2D eigenvalue weighted by molar-refractivity contribution is 0.0970. The minimum absolute atomic E-state index is 0.0407. The number of carbonyl (C=O) groups excluding carboxylic acids is 1. The fourth-order valence-electron chi connectivity index (χ4n) is 1.57. The van der Waals surface area contributed by atoms with Gasteiger partial charge in [-0.3, -0.25) is 4.79 Å². The van der Waals surface area contributed by atoms with Gasteiger partial charge in [-0.15, -0.1) is 0 Å². The van der Waals surface area contributed by atoms with Gasteiger partial charge in [0.1, 0.15) is 5.82 Å². The van der Waals surface area contributed by atoms with E-state index in [4.69, 9.17) is 11.6 Å². The molecule has 0 bridgehead atoms. The third kappa shape index (κ3) is 2.57. The number of Topliss-reactive ketones (excluding diaryl/α,β-unsaturated/α-hetero) is 1. The van der Waals surface area contributed by atoms with Gasteiger partial charge in [0, 0.05) is 11.3 Å². The predicted molar refractivity (Wildman–Crippen MR) is 69.1 cm³/mol. The monoisotopic (exact) mass is 292 g/mol. The van der Waals surface area contributed by atoms with Crippen molar-refractivity contribution in [2.45, 2.75) is 24.5 Å². The second-order valence-electron chi connectivity index (χ2n) is 3.82. The quantitative estimate of drug-likeness (QED) is 0.619. The Kier molecular flexibility index (Phi) is 4.50. The standard InChI is InChI=1S/C12H14ClFO3S/c1-3-12(13,18(16,17)4-2)11(15)9-5-7-10(14)8-6-9/h5-8H,3-4H2,1-2H3. The molecule has 100 valence electrons. The molecule has 1 aromatic carbocycles. The molecule has 1 rings (SSSR count). The Morgan fingerprint density at radius 3 is 2.17 bits per heavy atom. The van der Waals surface area contributed by atoms with Gasteiger partial charge in [0.2, 0.25) is 4.21 Å². The van der Waals surface area contributed by atoms with E-state index >= 15 is 0 Å². The highest BCUT2D eigenvalue weighted by molar-refractivity contribution is 7.95. The van der Waals surface area contributed by atoms with Crippen LogP contribution in [0, 0.1) is 5.82 Å². The van der Waals surface area contributed by atoms with E-state index in [0.717, 1.165) is 12.1 Å². The van der Waals surface area contributed by atoms with Gasteiger partial charge in [0.25, 0.3) is 0 Å². The molecule has 0 aromatic heterocycles. The second kappa shape index (κ2) is 5.36. The van der Waals surface area contributed by atoms with Crippen LogP contribution in [0.5, 0.6) is 0 Å². The molecule has 0 aliphatic rings. The Balaban J connectivity index is 3.26. The largest absolute Gasteiger partial charge is 0.291 e. The lowest BCUT2D eigenvalue weighted by Crippen LogP contribution is -2.41. The predicted octanol–water partition coefficient (Wildman–Crippen LogP) is 2.79. The number of hydrogen-bond donors (Lipinski definition) is 0. The van der Waals surface area contributed by atoms with Crippen LogP contribution in [0.2, 0.25) is 0 Å². The lowest BCUT2D eigenvalue weighted by Gasteiger charge is -2.23. The van der Waals surface area contributed by atoms with E-state index in [0.29, 0.717) is 0 Å². The van der Waals surface area contributed by atoms with Crippen LogP contribution >= 0.6 is 11.6 Å². The summed E-state index contributed by atoms with van der Waals surface area (Å²) in [6.07, 6.45) is -0.0407. The number of carbonyl (C=O) groups is 1. The number of halogens is 2. The summed E-state index contributed by atoms with van der Waals surface area (Å²) in [7, 11) is -3.75. The molecule has 0 amide bonds. The number of benzene rings is 1. The first-order valence-corrected chi connectivity index (χ1v) is 7.53. The molecular weight excluding hydrogens is 279 g/mol. The summed E-state index contributed by atoms with van der Waals surface area (Å²) in [5, 5.41) is 0. The normalized spacial score (nSPS) is 15.1. The maximum atomic E-state index is 12.8. The van der Waals surface area contributed by atoms with E-state index in [9.17, 15) is 17.6 Å². The van der Waals surface area contributed by atoms with Crippen LogP contribution in [0.4, 0.5) is 4.39 Å². The minimum atomic E-state index is -3.75. The van der Waals surface area contributed by atoms with Crippen molar-refractivity contribution in [3.63, 3.8) is 0 Å². The molecule has 3 nitrogen and oxygen atoms in total. The first kappa shape index (κ1) is 15.1. The second-order valence-corrected chi connectivity index (χ2v) is 7.19. The zero-order valence-corrected chi connectivity index (χ0v) is 11.7. The molecule has 1 aromatic rings. The summed E-state index contributed by atoms with van der Waals surface area (Å²) in [4.78, 5) is 12.2. The highest BCUT2D eigenvalue weighted by Gasteiger charge is 2.46. The van der Waals surface area contributed by atoms with Crippen LogP contribution in [-0.2, 0) is 9.84 Å². The van der Waals surface area contributed by atoms with Gasteiger partial charge in [-0.05, 0) is 30.7 Å². The Morgan fingerprint density at radius 2 is 1.78 bits per heavy atom. The number of alkyl halides is 1. The van der Waals surface area contributed by atoms with Crippen molar-refractivity contribution in [1.29, 1.82) is 0 Å². The molecule has 1 atom stereocenters. The zero-order valence-electron chi connectivity index (χ0n) is 10.1. The van der Waals surface area contributed by atoms with Gasteiger partial charge in [-0.2, -0.15) is 0 Å². The molecule has 0 saturated carbocycles. The molecule has 0 spiro atoms. The van der Waals surface area contributed by atoms with E-state index in [1.54, 1.807) is 0 Å². The molecule has 0 N–H and O–H groups in total. The first-order valence-electron chi connectivity index (χ1n) is 5.50. The van der Waals surface area contributed by atoms with Gasteiger partial charge in [-0.1, -0.05) is 25.4 Å². The van der Waals surface area contributed by atoms with Crippen LogP contribution < -0.4 is 0 Å². The van der Waals surface area contributed by atoms with Crippen molar-refractivity contribution < 1.29 is 17.6 Å². The molecule has 0 saturated heterocycles. The molecule has 0 fully saturated rings. The maximum absolute atomic E-state index is 12.8. The molecule has 0 heterocycles. The highest BCUT2D eigenvalue weighted by Crippen LogP contribution is 2.32. The third-order valence-corrected chi connectivity index (χ3v) is 6.14. The van der Waals surface area contributed by atoms with E-state index < -0.39 is 25.6 Å². The van der Waals surface area contributed by atoms with Crippen LogP contribution in [0.25, 0.3) is 0 Å². The summed E-state index contributed by atoms with van der Waals surface area (Å²) in [6, 6.07) is 4.66. The third-order valence-electron chi connectivity index (χ3n) is 2.77. The van der Waals surface area contributed by atoms with Gasteiger partial charge in [-0.25, -0.2) is 12.8 Å². The van der Waals surface area contributed by atoms with Crippen molar-refractivity contribution in [2.24, 2.45) is 0 Å².